The molecule has 0 bridgehead atoms. The van der Waals surface area contributed by atoms with Crippen LogP contribution in [0.25, 0.3) is 0 Å². The molecule has 1 saturated heterocycles. The molecule has 6 nitrogen and oxygen atoms in total. The third-order valence-electron chi connectivity index (χ3n) is 3.47. The second-order valence-electron chi connectivity index (χ2n) is 5.27. The monoisotopic (exact) mass is 307 g/mol. The van der Waals surface area contributed by atoms with Crippen molar-refractivity contribution >= 4 is 17.6 Å². The normalized spacial score (nSPS) is 18.6. The number of hydrogen-bond acceptors (Lipinski definition) is 5. The predicted octanol–water partition coefficient (Wildman–Crippen LogP) is 2.05. The van der Waals surface area contributed by atoms with Crippen LogP contribution in [0.15, 0.2) is 18.2 Å². The number of benzene rings is 1. The Balaban J connectivity index is 1.96. The summed E-state index contributed by atoms with van der Waals surface area (Å²) in [5.74, 6) is -0.344. The van der Waals surface area contributed by atoms with Crippen LogP contribution < -0.4 is 10.1 Å². The van der Waals surface area contributed by atoms with Crippen LogP contribution >= 0.6 is 0 Å². The minimum atomic E-state index is -0.901. The summed E-state index contributed by atoms with van der Waals surface area (Å²) >= 11 is 0. The maximum absolute atomic E-state index is 12.2. The van der Waals surface area contributed by atoms with Crippen LogP contribution in [0.3, 0.4) is 0 Å². The molecule has 1 N–H and O–H groups in total. The highest BCUT2D eigenvalue weighted by Gasteiger charge is 2.28. The number of ether oxygens (including phenoxy) is 3. The number of carbonyl (C=O) groups is 2. The van der Waals surface area contributed by atoms with E-state index in [1.165, 1.54) is 14.0 Å². The summed E-state index contributed by atoms with van der Waals surface area (Å²) in [4.78, 5) is 24.0. The van der Waals surface area contributed by atoms with Crippen molar-refractivity contribution in [2.45, 2.75) is 38.9 Å². The van der Waals surface area contributed by atoms with E-state index in [2.05, 4.69) is 5.32 Å². The molecule has 120 valence electrons. The topological polar surface area (TPSA) is 73.9 Å². The summed E-state index contributed by atoms with van der Waals surface area (Å²) in [6.07, 6.45) is 0.0189. The van der Waals surface area contributed by atoms with E-state index in [0.29, 0.717) is 24.5 Å². The lowest BCUT2D eigenvalue weighted by atomic mass is 10.2. The van der Waals surface area contributed by atoms with Gasteiger partial charge in [0.25, 0.3) is 5.91 Å². The second-order valence-corrected chi connectivity index (χ2v) is 5.27. The molecule has 1 fully saturated rings. The molecule has 6 heteroatoms. The van der Waals surface area contributed by atoms with E-state index >= 15 is 0 Å². The number of methoxy groups -OCH3 is 1. The van der Waals surface area contributed by atoms with Crippen molar-refractivity contribution in [3.05, 3.63) is 23.8 Å². The first-order valence-corrected chi connectivity index (χ1v) is 7.29. The van der Waals surface area contributed by atoms with E-state index in [1.54, 1.807) is 12.1 Å². The van der Waals surface area contributed by atoms with Crippen LogP contribution in [-0.2, 0) is 19.1 Å². The molecule has 1 heterocycles. The first-order valence-electron chi connectivity index (χ1n) is 7.29. The molecule has 1 aromatic carbocycles. The molecule has 2 atom stereocenters. The molecule has 0 aliphatic carbocycles. The van der Waals surface area contributed by atoms with Crippen molar-refractivity contribution in [3.8, 4) is 5.75 Å². The van der Waals surface area contributed by atoms with Crippen LogP contribution in [0.1, 0.15) is 25.3 Å². The first-order chi connectivity index (χ1) is 10.5. The van der Waals surface area contributed by atoms with Crippen LogP contribution in [-0.4, -0.2) is 37.8 Å². The highest BCUT2D eigenvalue weighted by atomic mass is 16.6. The zero-order valence-corrected chi connectivity index (χ0v) is 13.0. The Labute approximate surface area is 129 Å². The van der Waals surface area contributed by atoms with Crippen LogP contribution in [0.4, 0.5) is 5.69 Å². The van der Waals surface area contributed by atoms with Gasteiger partial charge < -0.3 is 19.5 Å². The molecule has 1 amide bonds. The summed E-state index contributed by atoms with van der Waals surface area (Å²) in [5, 5.41) is 2.72. The van der Waals surface area contributed by atoms with Crippen molar-refractivity contribution in [2.24, 2.45) is 0 Å². The Morgan fingerprint density at radius 2 is 2.18 bits per heavy atom. The zero-order chi connectivity index (χ0) is 16.1. The number of rotatable bonds is 5. The lowest BCUT2D eigenvalue weighted by Crippen LogP contribution is -2.34. The van der Waals surface area contributed by atoms with Crippen LogP contribution in [0.2, 0.25) is 0 Å². The summed E-state index contributed by atoms with van der Waals surface area (Å²) in [6, 6.07) is 5.45. The number of hydrogen-bond donors (Lipinski definition) is 1. The molecule has 0 radical (unpaired) electrons. The molecule has 22 heavy (non-hydrogen) atoms. The third-order valence-corrected chi connectivity index (χ3v) is 3.47. The highest BCUT2D eigenvalue weighted by Crippen LogP contribution is 2.25. The van der Waals surface area contributed by atoms with E-state index in [9.17, 15) is 9.59 Å². The van der Waals surface area contributed by atoms with Gasteiger partial charge in [-0.25, -0.2) is 4.79 Å². The molecule has 2 rings (SSSR count). The Hall–Kier alpha value is -2.08. The van der Waals surface area contributed by atoms with E-state index < -0.39 is 24.1 Å². The van der Waals surface area contributed by atoms with E-state index in [4.69, 9.17) is 14.2 Å². The molecular formula is C16H21NO5. The fourth-order valence-corrected chi connectivity index (χ4v) is 2.22. The maximum atomic E-state index is 12.2. The van der Waals surface area contributed by atoms with Gasteiger partial charge in [0.15, 0.2) is 12.2 Å². The predicted molar refractivity (Wildman–Crippen MR) is 80.9 cm³/mol. The van der Waals surface area contributed by atoms with Gasteiger partial charge in [-0.05, 0) is 44.4 Å². The fourth-order valence-electron chi connectivity index (χ4n) is 2.22. The van der Waals surface area contributed by atoms with Gasteiger partial charge in [-0.2, -0.15) is 0 Å². The molecule has 0 unspecified atom stereocenters. The van der Waals surface area contributed by atoms with Gasteiger partial charge in [-0.3, -0.25) is 4.79 Å². The highest BCUT2D eigenvalue weighted by molar-refractivity contribution is 5.96. The lowest BCUT2D eigenvalue weighted by molar-refractivity contribution is -0.162. The summed E-state index contributed by atoms with van der Waals surface area (Å²) in [7, 11) is 1.53. The number of nitrogens with one attached hydrogen (secondary N) is 1. The average molecular weight is 307 g/mol. The summed E-state index contributed by atoms with van der Waals surface area (Å²) in [6.45, 7) is 4.00. The lowest BCUT2D eigenvalue weighted by Gasteiger charge is -2.17. The molecule has 1 aliphatic rings. The van der Waals surface area contributed by atoms with Crippen molar-refractivity contribution in [2.75, 3.05) is 19.0 Å². The maximum Gasteiger partial charge on any atom is 0.336 e. The zero-order valence-electron chi connectivity index (χ0n) is 13.0. The molecular weight excluding hydrogens is 286 g/mol. The average Bonchev–Trinajstić information content (AvgIpc) is 3.01. The smallest absolute Gasteiger partial charge is 0.336 e. The second kappa shape index (κ2) is 7.26. The van der Waals surface area contributed by atoms with Gasteiger partial charge in [0.05, 0.1) is 12.8 Å². The first kappa shape index (κ1) is 16.3. The van der Waals surface area contributed by atoms with Gasteiger partial charge in [-0.1, -0.05) is 6.07 Å². The standard InChI is InChI=1S/C16H21NO5/c1-10-6-7-13(20-3)12(9-10)17-15(18)11(2)22-16(19)14-5-4-8-21-14/h6-7,9,11,14H,4-5,8H2,1-3H3,(H,17,18)/t11-,14-/m1/s1. The Kier molecular flexibility index (Phi) is 5.38. The number of esters is 1. The Bertz CT molecular complexity index is 551. The van der Waals surface area contributed by atoms with Crippen LogP contribution in [0.5, 0.6) is 5.75 Å². The summed E-state index contributed by atoms with van der Waals surface area (Å²) in [5.41, 5.74) is 1.53. The van der Waals surface area contributed by atoms with Gasteiger partial charge in [0, 0.05) is 6.61 Å². The largest absolute Gasteiger partial charge is 0.495 e. The molecule has 1 aromatic rings. The minimum absolute atomic E-state index is 0.407. The van der Waals surface area contributed by atoms with Gasteiger partial charge in [0.2, 0.25) is 0 Å². The van der Waals surface area contributed by atoms with Gasteiger partial charge in [0.1, 0.15) is 5.75 Å². The number of amides is 1. The number of carbonyl (C=O) groups excluding carboxylic acids is 2. The van der Waals surface area contributed by atoms with E-state index in [-0.39, 0.29) is 0 Å². The Morgan fingerprint density at radius 3 is 2.82 bits per heavy atom. The molecule has 1 aliphatic heterocycles. The fraction of sp³-hybridized carbons (Fsp3) is 0.500. The number of aryl methyl sites for hydroxylation is 1. The van der Waals surface area contributed by atoms with Crippen molar-refractivity contribution in [1.82, 2.24) is 0 Å². The van der Waals surface area contributed by atoms with Crippen LogP contribution in [0, 0.1) is 6.92 Å². The molecule has 0 saturated carbocycles. The van der Waals surface area contributed by atoms with E-state index in [0.717, 1.165) is 12.0 Å². The van der Waals surface area contributed by atoms with Crippen molar-refractivity contribution in [1.29, 1.82) is 0 Å². The number of anilines is 1. The quantitative estimate of drug-likeness (QED) is 0.843. The molecule has 0 spiro atoms. The molecule has 0 aromatic heterocycles. The SMILES string of the molecule is COc1ccc(C)cc1NC(=O)[C@@H](C)OC(=O)[C@H]1CCCO1. The third kappa shape index (κ3) is 3.98. The van der Waals surface area contributed by atoms with Crippen molar-refractivity contribution in [3.63, 3.8) is 0 Å². The van der Waals surface area contributed by atoms with Crippen molar-refractivity contribution < 1.29 is 23.8 Å². The van der Waals surface area contributed by atoms with E-state index in [1.807, 2.05) is 13.0 Å². The van der Waals surface area contributed by atoms with Gasteiger partial charge in [-0.15, -0.1) is 0 Å². The minimum Gasteiger partial charge on any atom is -0.495 e. The Morgan fingerprint density at radius 1 is 1.41 bits per heavy atom. The van der Waals surface area contributed by atoms with Gasteiger partial charge >= 0.3 is 5.97 Å². The summed E-state index contributed by atoms with van der Waals surface area (Å²) < 4.78 is 15.6.